The number of H-pyrrole nitrogens is 1. The first-order valence-electron chi connectivity index (χ1n) is 3.80. The number of aromatic hydroxyl groups is 1. The van der Waals surface area contributed by atoms with Gasteiger partial charge in [0.2, 0.25) is 11.4 Å². The molecular weight excluding hydrogens is 259 g/mol. The molecule has 0 atom stereocenters. The molecule has 71 valence electrons. The molecule has 2 aromatic heterocycles. The molecule has 5 nitrogen and oxygen atoms in total. The summed E-state index contributed by atoms with van der Waals surface area (Å²) >= 11 is 0. The number of nitrogens with one attached hydrogen (secondary N) is 1. The second-order valence-electron chi connectivity index (χ2n) is 2.90. The largest absolute Gasteiger partial charge is 0.494 e. The molecule has 2 aromatic rings. The molecule has 0 saturated heterocycles. The topological polar surface area (TPSA) is 70.4 Å². The Labute approximate surface area is 105 Å². The Bertz CT molecular complexity index is 529. The number of aromatic nitrogens is 3. The van der Waals surface area contributed by atoms with Crippen LogP contribution in [0.2, 0.25) is 0 Å². The number of fused-ring (bicyclic) bond motifs is 1. The maximum absolute atomic E-state index is 11.2. The van der Waals surface area contributed by atoms with Crippen LogP contribution < -0.4 is 5.56 Å². The van der Waals surface area contributed by atoms with Crippen molar-refractivity contribution in [2.24, 2.45) is 0 Å². The van der Waals surface area contributed by atoms with Gasteiger partial charge >= 0.3 is 0 Å². The summed E-state index contributed by atoms with van der Waals surface area (Å²) in [5, 5.41) is 13.3. The summed E-state index contributed by atoms with van der Waals surface area (Å²) < 4.78 is 1.26. The van der Waals surface area contributed by atoms with Crippen LogP contribution in [0.1, 0.15) is 11.1 Å². The minimum absolute atomic E-state index is 0. The van der Waals surface area contributed by atoms with Gasteiger partial charge in [-0.15, -0.1) is 6.20 Å². The SMILES string of the molecule is Cc1c(O)n2n[c-]c(C)c2[nH]c1=O.[Y]. The fraction of sp³-hybridized carbons (Fsp3) is 0.250. The molecule has 2 rings (SSSR count). The summed E-state index contributed by atoms with van der Waals surface area (Å²) in [4.78, 5) is 13.8. The van der Waals surface area contributed by atoms with Crippen LogP contribution in [0.15, 0.2) is 4.79 Å². The average Bonchev–Trinajstić information content (AvgIpc) is 2.45. The van der Waals surface area contributed by atoms with Crippen LogP contribution >= 0.6 is 0 Å². The van der Waals surface area contributed by atoms with Crippen LogP contribution in [0.3, 0.4) is 0 Å². The third kappa shape index (κ3) is 1.50. The van der Waals surface area contributed by atoms with Crippen molar-refractivity contribution < 1.29 is 37.8 Å². The van der Waals surface area contributed by atoms with E-state index in [1.165, 1.54) is 11.4 Å². The van der Waals surface area contributed by atoms with Gasteiger partial charge in [0.05, 0.1) is 5.56 Å². The van der Waals surface area contributed by atoms with Crippen molar-refractivity contribution in [2.45, 2.75) is 13.8 Å². The van der Waals surface area contributed by atoms with Gasteiger partial charge in [-0.25, -0.2) is 0 Å². The smallest absolute Gasteiger partial charge is 0.241 e. The molecular formula is C8H8N3O2Y-. The summed E-state index contributed by atoms with van der Waals surface area (Å²) in [7, 11) is 0. The van der Waals surface area contributed by atoms with Crippen molar-refractivity contribution in [1.82, 2.24) is 14.6 Å². The molecule has 0 saturated carbocycles. The van der Waals surface area contributed by atoms with Gasteiger partial charge in [0, 0.05) is 32.7 Å². The first kappa shape index (κ1) is 11.4. The van der Waals surface area contributed by atoms with Crippen LogP contribution in [0, 0.1) is 20.0 Å². The first-order valence-corrected chi connectivity index (χ1v) is 3.80. The standard InChI is InChI=1S/C8H8N3O2.Y/c1-4-3-9-11-6(4)10-7(12)5(2)8(11)13;/h13H,1-2H3,(H,10,12);/q-1;. The van der Waals surface area contributed by atoms with Crippen LogP contribution in [0.5, 0.6) is 5.88 Å². The second kappa shape index (κ2) is 3.83. The van der Waals surface area contributed by atoms with E-state index in [4.69, 9.17) is 0 Å². The van der Waals surface area contributed by atoms with E-state index in [0.29, 0.717) is 11.2 Å². The fourth-order valence-electron chi connectivity index (χ4n) is 1.15. The van der Waals surface area contributed by atoms with Crippen LogP contribution in [-0.4, -0.2) is 19.7 Å². The fourth-order valence-corrected chi connectivity index (χ4v) is 1.15. The van der Waals surface area contributed by atoms with E-state index >= 15 is 0 Å². The van der Waals surface area contributed by atoms with E-state index in [1.54, 1.807) is 6.92 Å². The van der Waals surface area contributed by atoms with Crippen molar-refractivity contribution in [2.75, 3.05) is 0 Å². The Morgan fingerprint density at radius 3 is 2.79 bits per heavy atom. The van der Waals surface area contributed by atoms with E-state index in [1.807, 2.05) is 0 Å². The van der Waals surface area contributed by atoms with Gasteiger partial charge in [-0.2, -0.15) is 5.56 Å². The maximum atomic E-state index is 11.2. The van der Waals surface area contributed by atoms with Gasteiger partial charge in [0.1, 0.15) is 0 Å². The van der Waals surface area contributed by atoms with Gasteiger partial charge < -0.3 is 10.1 Å². The van der Waals surface area contributed by atoms with Gasteiger partial charge in [-0.05, 0) is 12.6 Å². The molecule has 0 aliphatic carbocycles. The molecule has 14 heavy (non-hydrogen) atoms. The first-order chi connectivity index (χ1) is 6.11. The maximum Gasteiger partial charge on any atom is 0.241 e. The molecule has 0 fully saturated rings. The molecule has 0 spiro atoms. The van der Waals surface area contributed by atoms with E-state index in [0.717, 1.165) is 0 Å². The Morgan fingerprint density at radius 1 is 1.50 bits per heavy atom. The molecule has 0 aliphatic rings. The quantitative estimate of drug-likeness (QED) is 0.667. The summed E-state index contributed by atoms with van der Waals surface area (Å²) in [5.41, 5.74) is 1.13. The summed E-state index contributed by atoms with van der Waals surface area (Å²) in [6.07, 6.45) is 2.65. The number of hydrogen-bond donors (Lipinski definition) is 2. The van der Waals surface area contributed by atoms with Crippen LogP contribution in [0.25, 0.3) is 5.65 Å². The number of aryl methyl sites for hydroxylation is 1. The molecule has 0 amide bonds. The van der Waals surface area contributed by atoms with Crippen molar-refractivity contribution >= 4 is 5.65 Å². The molecule has 0 unspecified atom stereocenters. The molecule has 0 bridgehead atoms. The second-order valence-corrected chi connectivity index (χ2v) is 2.90. The number of hydrogen-bond acceptors (Lipinski definition) is 3. The van der Waals surface area contributed by atoms with Gasteiger partial charge in [-0.3, -0.25) is 14.4 Å². The van der Waals surface area contributed by atoms with Gasteiger partial charge in [0.25, 0.3) is 0 Å². The molecule has 0 aliphatic heterocycles. The zero-order valence-electron chi connectivity index (χ0n) is 7.83. The summed E-state index contributed by atoms with van der Waals surface area (Å²) in [6.45, 7) is 3.29. The minimum Gasteiger partial charge on any atom is -0.494 e. The molecule has 6 heteroatoms. The van der Waals surface area contributed by atoms with E-state index in [2.05, 4.69) is 16.3 Å². The molecule has 1 radical (unpaired) electrons. The molecule has 2 N–H and O–H groups in total. The van der Waals surface area contributed by atoms with E-state index in [-0.39, 0.29) is 49.7 Å². The molecule has 0 aromatic carbocycles. The zero-order valence-corrected chi connectivity index (χ0v) is 10.7. The Balaban J connectivity index is 0.000000980. The summed E-state index contributed by atoms with van der Waals surface area (Å²) in [5.74, 6) is -0.136. The van der Waals surface area contributed by atoms with E-state index in [9.17, 15) is 9.90 Å². The Morgan fingerprint density at radius 2 is 2.14 bits per heavy atom. The van der Waals surface area contributed by atoms with Crippen LogP contribution in [0.4, 0.5) is 0 Å². The third-order valence-corrected chi connectivity index (χ3v) is 1.99. The summed E-state index contributed by atoms with van der Waals surface area (Å²) in [6, 6.07) is 0. The van der Waals surface area contributed by atoms with Gasteiger partial charge in [-0.1, -0.05) is 6.92 Å². The van der Waals surface area contributed by atoms with E-state index < -0.39 is 0 Å². The third-order valence-electron chi connectivity index (χ3n) is 1.99. The molecule has 2 heterocycles. The number of nitrogens with zero attached hydrogens (tertiary/aromatic N) is 2. The normalized spacial score (nSPS) is 10.1. The zero-order chi connectivity index (χ0) is 9.59. The predicted octanol–water partition coefficient (Wildman–Crippen LogP) is 0.143. The number of aromatic amines is 1. The minimum atomic E-state index is -0.304. The van der Waals surface area contributed by atoms with Crippen molar-refractivity contribution in [3.63, 3.8) is 0 Å². The van der Waals surface area contributed by atoms with Crippen LogP contribution in [-0.2, 0) is 32.7 Å². The predicted molar refractivity (Wildman–Crippen MR) is 45.8 cm³/mol. The average molecular weight is 267 g/mol. The Kier molecular flexibility index (Phi) is 3.12. The van der Waals surface area contributed by atoms with Crippen molar-refractivity contribution in [3.8, 4) is 5.88 Å². The van der Waals surface area contributed by atoms with Crippen molar-refractivity contribution in [1.29, 1.82) is 0 Å². The monoisotopic (exact) mass is 267 g/mol. The van der Waals surface area contributed by atoms with Gasteiger partial charge in [0.15, 0.2) is 0 Å². The van der Waals surface area contributed by atoms with Crippen molar-refractivity contribution in [3.05, 3.63) is 27.7 Å². The number of rotatable bonds is 0. The Hall–Kier alpha value is -0.676.